The van der Waals surface area contributed by atoms with Crippen LogP contribution in [0.5, 0.6) is 0 Å². The molecule has 1 fully saturated rings. The van der Waals surface area contributed by atoms with Gasteiger partial charge < -0.3 is 16.3 Å². The average molecular weight is 279 g/mol. The van der Waals surface area contributed by atoms with Crippen molar-refractivity contribution in [3.05, 3.63) is 35.4 Å². The summed E-state index contributed by atoms with van der Waals surface area (Å²) in [6.07, 6.45) is 4.01. The van der Waals surface area contributed by atoms with Crippen molar-refractivity contribution < 1.29 is 5.21 Å². The van der Waals surface area contributed by atoms with Crippen LogP contribution in [0.1, 0.15) is 30.4 Å². The van der Waals surface area contributed by atoms with Crippen LogP contribution < -0.4 is 11.1 Å². The summed E-state index contributed by atoms with van der Waals surface area (Å²) in [5, 5.41) is 16.1. The van der Waals surface area contributed by atoms with Gasteiger partial charge in [0.15, 0.2) is 5.84 Å². The predicted octanol–water partition coefficient (Wildman–Crippen LogP) is 2.16. The molecule has 0 spiro atoms. The first-order valence-electron chi connectivity index (χ1n) is 6.69. The first-order valence-corrected chi connectivity index (χ1v) is 7.74. The molecule has 1 aliphatic heterocycles. The molecule has 0 radical (unpaired) electrons. The van der Waals surface area contributed by atoms with Crippen molar-refractivity contribution in [2.45, 2.75) is 31.1 Å². The highest BCUT2D eigenvalue weighted by Crippen LogP contribution is 2.24. The molecule has 5 heteroatoms. The second-order valence-corrected chi connectivity index (χ2v) is 6.17. The molecular weight excluding hydrogens is 258 g/mol. The Morgan fingerprint density at radius 3 is 3.00 bits per heavy atom. The Hall–Kier alpha value is -1.20. The summed E-state index contributed by atoms with van der Waals surface area (Å²) in [7, 11) is 0. The van der Waals surface area contributed by atoms with Crippen molar-refractivity contribution in [1.29, 1.82) is 0 Å². The van der Waals surface area contributed by atoms with Gasteiger partial charge in [-0.05, 0) is 24.2 Å². The Bertz CT molecular complexity index is 430. The summed E-state index contributed by atoms with van der Waals surface area (Å²) in [5.74, 6) is 1.46. The van der Waals surface area contributed by atoms with Crippen molar-refractivity contribution in [3.63, 3.8) is 0 Å². The maximum atomic E-state index is 8.78. The van der Waals surface area contributed by atoms with Crippen LogP contribution in [0, 0.1) is 0 Å². The van der Waals surface area contributed by atoms with E-state index in [0.29, 0.717) is 0 Å². The number of thioether (sulfide) groups is 1. The van der Waals surface area contributed by atoms with Crippen molar-refractivity contribution in [2.75, 3.05) is 12.3 Å². The highest BCUT2D eigenvalue weighted by Gasteiger charge is 2.13. The normalized spacial score (nSPS) is 20.4. The summed E-state index contributed by atoms with van der Waals surface area (Å²) >= 11 is 2.06. The van der Waals surface area contributed by atoms with Gasteiger partial charge in [0.05, 0.1) is 0 Å². The monoisotopic (exact) mass is 279 g/mol. The molecule has 0 aromatic heterocycles. The topological polar surface area (TPSA) is 70.6 Å². The van der Waals surface area contributed by atoms with Gasteiger partial charge in [-0.1, -0.05) is 35.8 Å². The molecule has 0 amide bonds. The van der Waals surface area contributed by atoms with Gasteiger partial charge in [-0.3, -0.25) is 0 Å². The minimum Gasteiger partial charge on any atom is -0.409 e. The average Bonchev–Trinajstić information content (AvgIpc) is 2.48. The third-order valence-corrected chi connectivity index (χ3v) is 4.76. The third kappa shape index (κ3) is 4.14. The Morgan fingerprint density at radius 1 is 1.42 bits per heavy atom. The molecular formula is C14H21N3OS. The zero-order valence-corrected chi connectivity index (χ0v) is 11.8. The first-order chi connectivity index (χ1) is 9.31. The lowest BCUT2D eigenvalue weighted by Crippen LogP contribution is -2.27. The van der Waals surface area contributed by atoms with Crippen LogP contribution in [-0.4, -0.2) is 28.6 Å². The quantitative estimate of drug-likeness (QED) is 0.334. The molecule has 1 unspecified atom stereocenters. The van der Waals surface area contributed by atoms with Gasteiger partial charge in [0.1, 0.15) is 0 Å². The maximum absolute atomic E-state index is 8.78. The standard InChI is InChI=1S/C14H21N3OS/c15-14(17-18)13-7-2-1-5-11(13)9-16-10-12-6-3-4-8-19-12/h1-2,5,7,12,16,18H,3-4,6,8-10H2,(H2,15,17). The number of nitrogens with two attached hydrogens (primary N) is 1. The van der Waals surface area contributed by atoms with Gasteiger partial charge in [0.25, 0.3) is 0 Å². The minimum atomic E-state index is 0.171. The van der Waals surface area contributed by atoms with Gasteiger partial charge in [-0.25, -0.2) is 0 Å². The van der Waals surface area contributed by atoms with Crippen LogP contribution in [0.3, 0.4) is 0 Å². The summed E-state index contributed by atoms with van der Waals surface area (Å²) in [6, 6.07) is 7.75. The molecule has 1 saturated heterocycles. The largest absolute Gasteiger partial charge is 0.409 e. The van der Waals surface area contributed by atoms with E-state index in [1.54, 1.807) is 0 Å². The van der Waals surface area contributed by atoms with Crippen LogP contribution in [0.4, 0.5) is 0 Å². The van der Waals surface area contributed by atoms with Crippen LogP contribution >= 0.6 is 11.8 Å². The summed E-state index contributed by atoms with van der Waals surface area (Å²) in [5.41, 5.74) is 7.55. The lowest BCUT2D eigenvalue weighted by Gasteiger charge is -2.21. The lowest BCUT2D eigenvalue weighted by atomic mass is 10.1. The number of hydrogen-bond donors (Lipinski definition) is 3. The smallest absolute Gasteiger partial charge is 0.170 e. The van der Waals surface area contributed by atoms with E-state index < -0.39 is 0 Å². The molecule has 0 saturated carbocycles. The predicted molar refractivity (Wildman–Crippen MR) is 80.8 cm³/mol. The van der Waals surface area contributed by atoms with E-state index in [9.17, 15) is 0 Å². The number of rotatable bonds is 5. The third-order valence-electron chi connectivity index (χ3n) is 3.36. The van der Waals surface area contributed by atoms with Crippen molar-refractivity contribution in [3.8, 4) is 0 Å². The number of oxime groups is 1. The van der Waals surface area contributed by atoms with Crippen LogP contribution in [-0.2, 0) is 6.54 Å². The van der Waals surface area contributed by atoms with Gasteiger partial charge in [-0.15, -0.1) is 0 Å². The van der Waals surface area contributed by atoms with Crippen LogP contribution in [0.15, 0.2) is 29.4 Å². The number of amidine groups is 1. The fraction of sp³-hybridized carbons (Fsp3) is 0.500. The molecule has 1 atom stereocenters. The number of hydrogen-bond acceptors (Lipinski definition) is 4. The zero-order chi connectivity index (χ0) is 13.5. The summed E-state index contributed by atoms with van der Waals surface area (Å²) in [6.45, 7) is 1.78. The van der Waals surface area contributed by atoms with Crippen molar-refractivity contribution >= 4 is 17.6 Å². The second kappa shape index (κ2) is 7.40. The molecule has 4 nitrogen and oxygen atoms in total. The van der Waals surface area contributed by atoms with Gasteiger partial charge in [0.2, 0.25) is 0 Å². The Kier molecular flexibility index (Phi) is 5.54. The number of nitrogens with zero attached hydrogens (tertiary/aromatic N) is 1. The van der Waals surface area contributed by atoms with E-state index in [1.165, 1.54) is 25.0 Å². The highest BCUT2D eigenvalue weighted by atomic mass is 32.2. The molecule has 19 heavy (non-hydrogen) atoms. The first kappa shape index (κ1) is 14.2. The second-order valence-electron chi connectivity index (χ2n) is 4.76. The fourth-order valence-corrected chi connectivity index (χ4v) is 3.59. The highest BCUT2D eigenvalue weighted by molar-refractivity contribution is 7.99. The minimum absolute atomic E-state index is 0.171. The van der Waals surface area contributed by atoms with E-state index in [-0.39, 0.29) is 5.84 Å². The van der Waals surface area contributed by atoms with E-state index in [2.05, 4.69) is 22.2 Å². The van der Waals surface area contributed by atoms with E-state index in [0.717, 1.165) is 29.5 Å². The van der Waals surface area contributed by atoms with E-state index in [4.69, 9.17) is 10.9 Å². The van der Waals surface area contributed by atoms with Crippen LogP contribution in [0.2, 0.25) is 0 Å². The molecule has 2 rings (SSSR count). The van der Waals surface area contributed by atoms with Gasteiger partial charge in [0, 0.05) is 23.9 Å². The maximum Gasteiger partial charge on any atom is 0.170 e. The Balaban J connectivity index is 1.88. The van der Waals surface area contributed by atoms with E-state index >= 15 is 0 Å². The zero-order valence-electron chi connectivity index (χ0n) is 11.0. The van der Waals surface area contributed by atoms with Gasteiger partial charge in [-0.2, -0.15) is 11.8 Å². The molecule has 0 aliphatic carbocycles. The number of benzene rings is 1. The molecule has 4 N–H and O–H groups in total. The Morgan fingerprint density at radius 2 is 2.26 bits per heavy atom. The molecule has 1 aromatic rings. The molecule has 104 valence electrons. The number of nitrogens with one attached hydrogen (secondary N) is 1. The molecule has 1 heterocycles. The fourth-order valence-electron chi connectivity index (χ4n) is 2.31. The van der Waals surface area contributed by atoms with Crippen LogP contribution in [0.25, 0.3) is 0 Å². The molecule has 1 aromatic carbocycles. The Labute approximate surface area is 118 Å². The van der Waals surface area contributed by atoms with Crippen molar-refractivity contribution in [2.24, 2.45) is 10.9 Å². The lowest BCUT2D eigenvalue weighted by molar-refractivity contribution is 0.318. The SMILES string of the molecule is N/C(=N/O)c1ccccc1CNCC1CCCCS1. The molecule has 1 aliphatic rings. The van der Waals surface area contributed by atoms with Gasteiger partial charge >= 0.3 is 0 Å². The van der Waals surface area contributed by atoms with Crippen molar-refractivity contribution in [1.82, 2.24) is 5.32 Å². The summed E-state index contributed by atoms with van der Waals surface area (Å²) < 4.78 is 0. The molecule has 0 bridgehead atoms. The van der Waals surface area contributed by atoms with E-state index in [1.807, 2.05) is 24.3 Å². The summed E-state index contributed by atoms with van der Waals surface area (Å²) in [4.78, 5) is 0.